The largest absolute Gasteiger partial charge is 0.378 e. The number of benzene rings is 1. The minimum atomic E-state index is -0.0846. The first-order valence-electron chi connectivity index (χ1n) is 9.02. The lowest BCUT2D eigenvalue weighted by Gasteiger charge is -2.39. The lowest BCUT2D eigenvalue weighted by atomic mass is 9.77. The van der Waals surface area contributed by atoms with Crippen LogP contribution in [0.4, 0.5) is 0 Å². The topological polar surface area (TPSA) is 50.4 Å². The molecular formula is C19H27BrN2O2. The zero-order chi connectivity index (χ0) is 16.8. The summed E-state index contributed by atoms with van der Waals surface area (Å²) in [5.74, 6) is 0.150. The molecular weight excluding hydrogens is 368 g/mol. The molecule has 1 atom stereocenters. The van der Waals surface area contributed by atoms with Gasteiger partial charge in [0, 0.05) is 29.0 Å². The third-order valence-corrected chi connectivity index (χ3v) is 5.63. The van der Waals surface area contributed by atoms with E-state index in [1.165, 1.54) is 24.8 Å². The molecule has 1 aliphatic heterocycles. The lowest BCUT2D eigenvalue weighted by molar-refractivity contribution is -0.124. The van der Waals surface area contributed by atoms with Gasteiger partial charge in [-0.15, -0.1) is 0 Å². The van der Waals surface area contributed by atoms with Crippen molar-refractivity contribution in [1.82, 2.24) is 10.6 Å². The average molecular weight is 395 g/mol. The third kappa shape index (κ3) is 5.04. The maximum absolute atomic E-state index is 12.6. The molecule has 1 aromatic carbocycles. The maximum Gasteiger partial charge on any atom is 0.222 e. The van der Waals surface area contributed by atoms with E-state index in [1.54, 1.807) is 0 Å². The Bertz CT molecular complexity index is 535. The van der Waals surface area contributed by atoms with Crippen LogP contribution < -0.4 is 10.6 Å². The first-order chi connectivity index (χ1) is 11.7. The number of ether oxygens (including phenoxy) is 1. The quantitative estimate of drug-likeness (QED) is 0.805. The molecule has 1 saturated carbocycles. The Kier molecular flexibility index (Phi) is 6.31. The first kappa shape index (κ1) is 17.9. The molecule has 1 amide bonds. The molecule has 0 aromatic heterocycles. The van der Waals surface area contributed by atoms with Crippen molar-refractivity contribution in [3.63, 3.8) is 0 Å². The number of hydrogen-bond donors (Lipinski definition) is 2. The van der Waals surface area contributed by atoms with E-state index in [4.69, 9.17) is 4.74 Å². The van der Waals surface area contributed by atoms with Crippen LogP contribution in [0.5, 0.6) is 0 Å². The fraction of sp³-hybridized carbons (Fsp3) is 0.632. The van der Waals surface area contributed by atoms with Crippen molar-refractivity contribution < 1.29 is 9.53 Å². The standard InChI is InChI=1S/C19H27BrN2O2/c20-16-6-4-15(5-7-16)13-19(8-2-1-3-9-19)22-18(23)12-17-14-24-11-10-21-17/h4-7,17,21H,1-3,8-14H2,(H,22,23). The number of rotatable bonds is 5. The van der Waals surface area contributed by atoms with Gasteiger partial charge in [-0.1, -0.05) is 47.3 Å². The molecule has 0 bridgehead atoms. The summed E-state index contributed by atoms with van der Waals surface area (Å²) in [5.41, 5.74) is 1.21. The second-order valence-electron chi connectivity index (χ2n) is 7.12. The fourth-order valence-electron chi connectivity index (χ4n) is 3.89. The molecule has 3 rings (SSSR count). The molecule has 132 valence electrons. The Hall–Kier alpha value is -0.910. The van der Waals surface area contributed by atoms with Crippen LogP contribution in [0, 0.1) is 0 Å². The number of morpholine rings is 1. The van der Waals surface area contributed by atoms with Gasteiger partial charge in [0.05, 0.1) is 13.2 Å². The molecule has 2 aliphatic rings. The number of hydrogen-bond acceptors (Lipinski definition) is 3. The second kappa shape index (κ2) is 8.45. The van der Waals surface area contributed by atoms with Gasteiger partial charge in [-0.2, -0.15) is 0 Å². The second-order valence-corrected chi connectivity index (χ2v) is 8.04. The minimum Gasteiger partial charge on any atom is -0.378 e. The molecule has 1 aromatic rings. The SMILES string of the molecule is O=C(CC1COCCN1)NC1(Cc2ccc(Br)cc2)CCCCC1. The van der Waals surface area contributed by atoms with Gasteiger partial charge in [0.2, 0.25) is 5.91 Å². The number of halogens is 1. The van der Waals surface area contributed by atoms with Gasteiger partial charge in [-0.25, -0.2) is 0 Å². The van der Waals surface area contributed by atoms with Crippen LogP contribution in [0.3, 0.4) is 0 Å². The zero-order valence-corrected chi connectivity index (χ0v) is 15.7. The van der Waals surface area contributed by atoms with E-state index in [-0.39, 0.29) is 17.5 Å². The summed E-state index contributed by atoms with van der Waals surface area (Å²) in [6, 6.07) is 8.62. The van der Waals surface area contributed by atoms with E-state index in [2.05, 4.69) is 50.8 Å². The van der Waals surface area contributed by atoms with Crippen LogP contribution in [0.25, 0.3) is 0 Å². The fourth-order valence-corrected chi connectivity index (χ4v) is 4.15. The smallest absolute Gasteiger partial charge is 0.222 e. The molecule has 1 heterocycles. The van der Waals surface area contributed by atoms with E-state index in [1.807, 2.05) is 0 Å². The average Bonchev–Trinajstić information content (AvgIpc) is 2.58. The molecule has 0 spiro atoms. The van der Waals surface area contributed by atoms with Crippen LogP contribution in [0.15, 0.2) is 28.7 Å². The Morgan fingerprint density at radius 1 is 1.25 bits per heavy atom. The Morgan fingerprint density at radius 3 is 2.67 bits per heavy atom. The van der Waals surface area contributed by atoms with E-state index < -0.39 is 0 Å². The predicted octanol–water partition coefficient (Wildman–Crippen LogP) is 3.19. The lowest BCUT2D eigenvalue weighted by Crippen LogP contribution is -2.53. The molecule has 0 radical (unpaired) electrons. The van der Waals surface area contributed by atoms with Crippen molar-refractivity contribution >= 4 is 21.8 Å². The van der Waals surface area contributed by atoms with Gasteiger partial charge in [0.25, 0.3) is 0 Å². The molecule has 1 saturated heterocycles. The van der Waals surface area contributed by atoms with Crippen LogP contribution in [0.1, 0.15) is 44.1 Å². The van der Waals surface area contributed by atoms with Crippen molar-refractivity contribution in [2.45, 2.75) is 56.5 Å². The zero-order valence-electron chi connectivity index (χ0n) is 14.2. The van der Waals surface area contributed by atoms with Gasteiger partial charge in [0.1, 0.15) is 0 Å². The summed E-state index contributed by atoms with van der Waals surface area (Å²) >= 11 is 3.49. The molecule has 4 nitrogen and oxygen atoms in total. The van der Waals surface area contributed by atoms with Crippen LogP contribution in [0.2, 0.25) is 0 Å². The van der Waals surface area contributed by atoms with E-state index >= 15 is 0 Å². The van der Waals surface area contributed by atoms with Crippen molar-refractivity contribution in [2.75, 3.05) is 19.8 Å². The van der Waals surface area contributed by atoms with Crippen LogP contribution in [-0.4, -0.2) is 37.2 Å². The number of amides is 1. The Morgan fingerprint density at radius 2 is 2.00 bits per heavy atom. The Balaban J connectivity index is 1.63. The number of carbonyl (C=O) groups is 1. The van der Waals surface area contributed by atoms with Crippen molar-refractivity contribution in [3.8, 4) is 0 Å². The van der Waals surface area contributed by atoms with Gasteiger partial charge in [0.15, 0.2) is 0 Å². The molecule has 24 heavy (non-hydrogen) atoms. The van der Waals surface area contributed by atoms with E-state index in [0.29, 0.717) is 13.0 Å². The predicted molar refractivity (Wildman–Crippen MR) is 99.0 cm³/mol. The Labute approximate surface area is 152 Å². The van der Waals surface area contributed by atoms with E-state index in [0.717, 1.165) is 36.9 Å². The summed E-state index contributed by atoms with van der Waals surface area (Å²) in [4.78, 5) is 12.6. The highest BCUT2D eigenvalue weighted by molar-refractivity contribution is 9.10. The summed E-state index contributed by atoms with van der Waals surface area (Å²) < 4.78 is 6.55. The molecule has 5 heteroatoms. The first-order valence-corrected chi connectivity index (χ1v) is 9.81. The maximum atomic E-state index is 12.6. The molecule has 2 fully saturated rings. The van der Waals surface area contributed by atoms with Gasteiger partial charge in [-0.05, 0) is 37.0 Å². The molecule has 1 aliphatic carbocycles. The summed E-state index contributed by atoms with van der Waals surface area (Å²) in [6.45, 7) is 2.21. The highest BCUT2D eigenvalue weighted by Gasteiger charge is 2.34. The normalized spacial score (nSPS) is 23.6. The van der Waals surface area contributed by atoms with Crippen molar-refractivity contribution in [3.05, 3.63) is 34.3 Å². The van der Waals surface area contributed by atoms with Crippen LogP contribution in [-0.2, 0) is 16.0 Å². The highest BCUT2D eigenvalue weighted by atomic mass is 79.9. The van der Waals surface area contributed by atoms with E-state index in [9.17, 15) is 4.79 Å². The third-order valence-electron chi connectivity index (χ3n) is 5.10. The van der Waals surface area contributed by atoms with Crippen molar-refractivity contribution in [2.24, 2.45) is 0 Å². The van der Waals surface area contributed by atoms with Gasteiger partial charge in [-0.3, -0.25) is 4.79 Å². The monoisotopic (exact) mass is 394 g/mol. The highest BCUT2D eigenvalue weighted by Crippen LogP contribution is 2.32. The number of nitrogens with one attached hydrogen (secondary N) is 2. The number of carbonyl (C=O) groups excluding carboxylic acids is 1. The summed E-state index contributed by atoms with van der Waals surface area (Å²) in [5, 5.41) is 6.76. The van der Waals surface area contributed by atoms with Gasteiger partial charge >= 0.3 is 0 Å². The van der Waals surface area contributed by atoms with Crippen molar-refractivity contribution in [1.29, 1.82) is 0 Å². The minimum absolute atomic E-state index is 0.0846. The van der Waals surface area contributed by atoms with Gasteiger partial charge < -0.3 is 15.4 Å². The molecule has 2 N–H and O–H groups in total. The van der Waals surface area contributed by atoms with Crippen LogP contribution >= 0.6 is 15.9 Å². The molecule has 1 unspecified atom stereocenters. The summed E-state index contributed by atoms with van der Waals surface area (Å²) in [6.07, 6.45) is 7.23. The summed E-state index contributed by atoms with van der Waals surface area (Å²) in [7, 11) is 0.